The number of amides is 2. The molecule has 2 atom stereocenters. The van der Waals surface area contributed by atoms with Gasteiger partial charge in [-0.05, 0) is 49.7 Å². The van der Waals surface area contributed by atoms with E-state index in [9.17, 15) is 9.59 Å². The first-order valence-corrected chi connectivity index (χ1v) is 8.92. The molecule has 2 aromatic rings. The van der Waals surface area contributed by atoms with Gasteiger partial charge in [0.2, 0.25) is 11.8 Å². The van der Waals surface area contributed by atoms with Gasteiger partial charge < -0.3 is 26.4 Å². The lowest BCUT2D eigenvalue weighted by molar-refractivity contribution is -0.121. The van der Waals surface area contributed by atoms with Gasteiger partial charge in [0.15, 0.2) is 0 Å². The van der Waals surface area contributed by atoms with Gasteiger partial charge in [0, 0.05) is 18.3 Å². The van der Waals surface area contributed by atoms with Crippen LogP contribution in [0.5, 0.6) is 11.5 Å². The normalized spacial score (nSPS) is 18.1. The molecular weight excluding hydrogens is 380 g/mol. The first kappa shape index (κ1) is 21.7. The number of halogens is 1. The molecule has 0 radical (unpaired) electrons. The first-order valence-electron chi connectivity index (χ1n) is 8.92. The number of nitrogens with one attached hydrogen (secondary N) is 3. The van der Waals surface area contributed by atoms with E-state index in [1.54, 1.807) is 12.1 Å². The molecule has 0 spiro atoms. The van der Waals surface area contributed by atoms with Crippen LogP contribution in [0.15, 0.2) is 48.5 Å². The quantitative estimate of drug-likeness (QED) is 0.589. The van der Waals surface area contributed by atoms with Crippen molar-refractivity contribution in [3.05, 3.63) is 54.1 Å². The average Bonchev–Trinajstić information content (AvgIpc) is 3.13. The molecule has 7 nitrogen and oxygen atoms in total. The summed E-state index contributed by atoms with van der Waals surface area (Å²) in [6.45, 7) is 2.52. The van der Waals surface area contributed by atoms with Crippen molar-refractivity contribution in [1.29, 1.82) is 0 Å². The van der Waals surface area contributed by atoms with Crippen molar-refractivity contribution in [3.63, 3.8) is 0 Å². The molecule has 3 rings (SSSR count). The van der Waals surface area contributed by atoms with Crippen LogP contribution in [0.4, 0.5) is 5.69 Å². The molecule has 1 aliphatic rings. The number of aryl methyl sites for hydroxylation is 1. The lowest BCUT2D eigenvalue weighted by Gasteiger charge is -2.13. The van der Waals surface area contributed by atoms with Crippen LogP contribution in [-0.2, 0) is 9.59 Å². The summed E-state index contributed by atoms with van der Waals surface area (Å²) in [6.07, 6.45) is 0.534. The number of nitrogens with two attached hydrogens (primary N) is 1. The maximum absolute atomic E-state index is 12.4. The smallest absolute Gasteiger partial charge is 0.241 e. The third-order valence-electron chi connectivity index (χ3n) is 4.38. The molecule has 0 aliphatic carbocycles. The van der Waals surface area contributed by atoms with Gasteiger partial charge in [0.1, 0.15) is 11.5 Å². The highest BCUT2D eigenvalue weighted by molar-refractivity contribution is 5.95. The molecule has 1 fully saturated rings. The van der Waals surface area contributed by atoms with Crippen LogP contribution in [-0.4, -0.2) is 37.0 Å². The van der Waals surface area contributed by atoms with Gasteiger partial charge in [-0.25, -0.2) is 0 Å². The van der Waals surface area contributed by atoms with E-state index < -0.39 is 0 Å². The molecule has 5 N–H and O–H groups in total. The second-order valence-corrected chi connectivity index (χ2v) is 6.59. The Morgan fingerprint density at radius 1 is 1.11 bits per heavy atom. The number of rotatable bonds is 6. The molecule has 0 saturated carbocycles. The van der Waals surface area contributed by atoms with Crippen molar-refractivity contribution in [1.82, 2.24) is 10.6 Å². The highest BCUT2D eigenvalue weighted by Crippen LogP contribution is 2.23. The summed E-state index contributed by atoms with van der Waals surface area (Å²) in [6, 6.07) is 14.6. The largest absolute Gasteiger partial charge is 0.457 e. The first-order chi connectivity index (χ1) is 13.0. The number of carbonyl (C=O) groups is 2. The zero-order valence-corrected chi connectivity index (χ0v) is 16.4. The number of carbonyl (C=O) groups excluding carboxylic acids is 2. The van der Waals surface area contributed by atoms with E-state index in [2.05, 4.69) is 16.0 Å². The zero-order valence-electron chi connectivity index (χ0n) is 15.6. The van der Waals surface area contributed by atoms with Crippen molar-refractivity contribution in [2.45, 2.75) is 25.4 Å². The fourth-order valence-corrected chi connectivity index (χ4v) is 2.91. The topological polar surface area (TPSA) is 105 Å². The minimum atomic E-state index is -0.350. The van der Waals surface area contributed by atoms with Crippen molar-refractivity contribution >= 4 is 29.9 Å². The van der Waals surface area contributed by atoms with E-state index >= 15 is 0 Å². The second-order valence-electron chi connectivity index (χ2n) is 6.59. The lowest BCUT2D eigenvalue weighted by atomic mass is 10.1. The molecule has 1 aliphatic heterocycles. The number of benzene rings is 2. The third kappa shape index (κ3) is 5.95. The molecule has 150 valence electrons. The van der Waals surface area contributed by atoms with Crippen LogP contribution in [0.1, 0.15) is 12.0 Å². The number of anilines is 1. The highest BCUT2D eigenvalue weighted by atomic mass is 35.5. The molecule has 2 aromatic carbocycles. The fraction of sp³-hybridized carbons (Fsp3) is 0.300. The van der Waals surface area contributed by atoms with Crippen molar-refractivity contribution in [3.8, 4) is 11.5 Å². The summed E-state index contributed by atoms with van der Waals surface area (Å²) in [7, 11) is 0. The standard InChI is InChI=1S/C20H24N4O3.ClH/c1-13-2-6-16(7-3-13)27-17-8-4-14(5-9-17)24-20(26)18-10-15(12-22-18)23-19(25)11-21;/h2-9,15,18,22H,10-12,21H2,1H3,(H,23,25)(H,24,26);1H/t15?,18-;/m0./s1. The molecule has 2 amide bonds. The molecule has 0 aromatic heterocycles. The maximum Gasteiger partial charge on any atom is 0.241 e. The lowest BCUT2D eigenvalue weighted by Crippen LogP contribution is -2.39. The fourth-order valence-electron chi connectivity index (χ4n) is 2.91. The van der Waals surface area contributed by atoms with Crippen molar-refractivity contribution in [2.75, 3.05) is 18.4 Å². The van der Waals surface area contributed by atoms with Gasteiger partial charge in [0.05, 0.1) is 12.6 Å². The van der Waals surface area contributed by atoms with Crippen molar-refractivity contribution < 1.29 is 14.3 Å². The summed E-state index contributed by atoms with van der Waals surface area (Å²) in [4.78, 5) is 23.7. The van der Waals surface area contributed by atoms with Gasteiger partial charge in [-0.3, -0.25) is 9.59 Å². The van der Waals surface area contributed by atoms with Gasteiger partial charge in [-0.2, -0.15) is 0 Å². The van der Waals surface area contributed by atoms with Crippen LogP contribution in [0.3, 0.4) is 0 Å². The Hall–Kier alpha value is -2.61. The monoisotopic (exact) mass is 404 g/mol. The minimum Gasteiger partial charge on any atom is -0.457 e. The Morgan fingerprint density at radius 2 is 1.71 bits per heavy atom. The summed E-state index contributed by atoms with van der Waals surface area (Å²) < 4.78 is 5.78. The summed E-state index contributed by atoms with van der Waals surface area (Å²) >= 11 is 0. The molecule has 0 bridgehead atoms. The highest BCUT2D eigenvalue weighted by Gasteiger charge is 2.30. The third-order valence-corrected chi connectivity index (χ3v) is 4.38. The van der Waals surface area contributed by atoms with Crippen LogP contribution in [0, 0.1) is 6.92 Å². The van der Waals surface area contributed by atoms with Gasteiger partial charge in [-0.1, -0.05) is 17.7 Å². The molecule has 8 heteroatoms. The Morgan fingerprint density at radius 3 is 2.32 bits per heavy atom. The molecule has 1 heterocycles. The Balaban J connectivity index is 0.00000280. The van der Waals surface area contributed by atoms with Crippen LogP contribution in [0.25, 0.3) is 0 Å². The predicted octanol–water partition coefficient (Wildman–Crippen LogP) is 1.95. The van der Waals surface area contributed by atoms with E-state index in [0.717, 1.165) is 5.75 Å². The number of hydrogen-bond donors (Lipinski definition) is 4. The molecule has 1 saturated heterocycles. The van der Waals surface area contributed by atoms with E-state index in [1.165, 1.54) is 5.56 Å². The second kappa shape index (κ2) is 10.1. The molecule has 28 heavy (non-hydrogen) atoms. The Kier molecular flexibility index (Phi) is 7.80. The SMILES string of the molecule is Cc1ccc(Oc2ccc(NC(=O)[C@@H]3CC(NC(=O)CN)CN3)cc2)cc1.Cl. The van der Waals surface area contributed by atoms with Gasteiger partial charge >= 0.3 is 0 Å². The van der Waals surface area contributed by atoms with Crippen LogP contribution < -0.4 is 26.4 Å². The maximum atomic E-state index is 12.4. The Labute approximate surface area is 170 Å². The predicted molar refractivity (Wildman–Crippen MR) is 111 cm³/mol. The zero-order chi connectivity index (χ0) is 19.2. The summed E-state index contributed by atoms with van der Waals surface area (Å²) in [5, 5.41) is 8.78. The van der Waals surface area contributed by atoms with E-state index in [1.807, 2.05) is 43.3 Å². The van der Waals surface area contributed by atoms with Gasteiger partial charge in [0.25, 0.3) is 0 Å². The Bertz CT molecular complexity index is 796. The average molecular weight is 405 g/mol. The van der Waals surface area contributed by atoms with E-state index in [-0.39, 0.29) is 42.8 Å². The van der Waals surface area contributed by atoms with E-state index in [4.69, 9.17) is 10.5 Å². The molecule has 1 unspecified atom stereocenters. The number of ether oxygens (including phenoxy) is 1. The summed E-state index contributed by atoms with van der Waals surface area (Å²) in [5.41, 5.74) is 7.15. The van der Waals surface area contributed by atoms with Crippen LogP contribution in [0.2, 0.25) is 0 Å². The minimum absolute atomic E-state index is 0. The molecular formula is C20H25ClN4O3. The van der Waals surface area contributed by atoms with Gasteiger partial charge in [-0.15, -0.1) is 12.4 Å². The van der Waals surface area contributed by atoms with Crippen LogP contribution >= 0.6 is 12.4 Å². The number of hydrogen-bond acceptors (Lipinski definition) is 5. The van der Waals surface area contributed by atoms with E-state index in [0.29, 0.717) is 24.4 Å². The summed E-state index contributed by atoms with van der Waals surface area (Å²) in [5.74, 6) is 1.11. The van der Waals surface area contributed by atoms with Crippen molar-refractivity contribution in [2.24, 2.45) is 5.73 Å².